The summed E-state index contributed by atoms with van der Waals surface area (Å²) in [5, 5.41) is 17.3. The van der Waals surface area contributed by atoms with Gasteiger partial charge in [-0.25, -0.2) is 4.68 Å². The average Bonchev–Trinajstić information content (AvgIpc) is 2.88. The number of aromatic nitrogens is 3. The minimum atomic E-state index is -0.149. The first-order chi connectivity index (χ1) is 9.65. The molecule has 0 atom stereocenters. The number of aliphatic hydroxyl groups excluding tert-OH is 1. The number of rotatable bonds is 6. The molecule has 0 unspecified atom stereocenters. The van der Waals surface area contributed by atoms with Crippen LogP contribution in [0.4, 0.5) is 0 Å². The van der Waals surface area contributed by atoms with Crippen LogP contribution in [0.3, 0.4) is 0 Å². The van der Waals surface area contributed by atoms with Gasteiger partial charge in [0, 0.05) is 12.1 Å². The minimum Gasteiger partial charge on any atom is -0.497 e. The molecule has 0 aliphatic heterocycles. The van der Waals surface area contributed by atoms with E-state index in [0.29, 0.717) is 18.1 Å². The second-order valence-electron chi connectivity index (χ2n) is 4.65. The van der Waals surface area contributed by atoms with Crippen LogP contribution in [0.1, 0.15) is 31.3 Å². The molecule has 2 rings (SSSR count). The predicted molar refractivity (Wildman–Crippen MR) is 73.7 cm³/mol. The van der Waals surface area contributed by atoms with E-state index < -0.39 is 0 Å². The summed E-state index contributed by atoms with van der Waals surface area (Å²) in [7, 11) is 1.61. The van der Waals surface area contributed by atoms with Crippen LogP contribution in [0.25, 0.3) is 0 Å². The van der Waals surface area contributed by atoms with Crippen molar-refractivity contribution in [3.05, 3.63) is 35.7 Å². The van der Waals surface area contributed by atoms with E-state index in [1.54, 1.807) is 11.8 Å². The molecular formula is C14H19N3O3. The molecule has 6 heteroatoms. The minimum absolute atomic E-state index is 0.149. The summed E-state index contributed by atoms with van der Waals surface area (Å²) in [4.78, 5) is 0. The lowest BCUT2D eigenvalue weighted by Gasteiger charge is -2.12. The summed E-state index contributed by atoms with van der Waals surface area (Å²) in [5.41, 5.74) is 1.33. The third-order valence-corrected chi connectivity index (χ3v) is 2.93. The van der Waals surface area contributed by atoms with E-state index in [9.17, 15) is 5.11 Å². The van der Waals surface area contributed by atoms with Crippen molar-refractivity contribution < 1.29 is 14.6 Å². The van der Waals surface area contributed by atoms with Crippen molar-refractivity contribution in [3.8, 4) is 11.5 Å². The summed E-state index contributed by atoms with van der Waals surface area (Å²) in [5.74, 6) is 1.44. The second-order valence-corrected chi connectivity index (χ2v) is 4.65. The Kier molecular flexibility index (Phi) is 4.57. The summed E-state index contributed by atoms with van der Waals surface area (Å²) in [6, 6.07) is 7.53. The molecule has 0 aliphatic carbocycles. The molecule has 0 saturated heterocycles. The molecule has 0 aliphatic rings. The highest BCUT2D eigenvalue weighted by Gasteiger charge is 2.15. The van der Waals surface area contributed by atoms with Gasteiger partial charge in [0.1, 0.15) is 29.5 Å². The number of nitrogens with zero attached hydrogens (tertiary/aromatic N) is 3. The Morgan fingerprint density at radius 1 is 1.30 bits per heavy atom. The molecule has 0 radical (unpaired) electrons. The Morgan fingerprint density at radius 2 is 2.05 bits per heavy atom. The standard InChI is InChI=1S/C14H19N3O3/c1-10(2)17-14(13(8-18)15-16-17)9-20-12-6-4-5-11(7-12)19-3/h4-7,10,18H,8-9H2,1-3H3. The van der Waals surface area contributed by atoms with Gasteiger partial charge < -0.3 is 14.6 Å². The highest BCUT2D eigenvalue weighted by molar-refractivity contribution is 5.33. The fraction of sp³-hybridized carbons (Fsp3) is 0.429. The molecule has 0 fully saturated rings. The van der Waals surface area contributed by atoms with Crippen LogP contribution in [0, 0.1) is 0 Å². The van der Waals surface area contributed by atoms with Crippen molar-refractivity contribution in [1.82, 2.24) is 15.0 Å². The average molecular weight is 277 g/mol. The van der Waals surface area contributed by atoms with E-state index in [0.717, 1.165) is 11.4 Å². The number of hydrogen-bond donors (Lipinski definition) is 1. The van der Waals surface area contributed by atoms with Crippen LogP contribution < -0.4 is 9.47 Å². The van der Waals surface area contributed by atoms with Crippen molar-refractivity contribution in [2.45, 2.75) is 33.1 Å². The topological polar surface area (TPSA) is 69.4 Å². The van der Waals surface area contributed by atoms with Crippen molar-refractivity contribution in [2.75, 3.05) is 7.11 Å². The molecular weight excluding hydrogens is 258 g/mol. The lowest BCUT2D eigenvalue weighted by Crippen LogP contribution is -2.11. The van der Waals surface area contributed by atoms with Gasteiger partial charge in [-0.3, -0.25) is 0 Å². The SMILES string of the molecule is COc1cccc(OCc2c(CO)nnn2C(C)C)c1. The van der Waals surface area contributed by atoms with E-state index in [2.05, 4.69) is 10.3 Å². The molecule has 2 aromatic rings. The maximum absolute atomic E-state index is 9.30. The van der Waals surface area contributed by atoms with Gasteiger partial charge in [0.2, 0.25) is 0 Å². The maximum atomic E-state index is 9.30. The van der Waals surface area contributed by atoms with Gasteiger partial charge in [0.15, 0.2) is 0 Å². The van der Waals surface area contributed by atoms with Crippen LogP contribution in [-0.4, -0.2) is 27.2 Å². The number of aliphatic hydroxyl groups is 1. The van der Waals surface area contributed by atoms with Gasteiger partial charge >= 0.3 is 0 Å². The Morgan fingerprint density at radius 3 is 2.70 bits per heavy atom. The highest BCUT2D eigenvalue weighted by Crippen LogP contribution is 2.21. The van der Waals surface area contributed by atoms with Gasteiger partial charge in [-0.05, 0) is 26.0 Å². The van der Waals surface area contributed by atoms with Crippen LogP contribution in [0.5, 0.6) is 11.5 Å². The molecule has 6 nitrogen and oxygen atoms in total. The first kappa shape index (κ1) is 14.3. The monoisotopic (exact) mass is 277 g/mol. The molecule has 1 N–H and O–H groups in total. The van der Waals surface area contributed by atoms with Gasteiger partial charge in [-0.1, -0.05) is 11.3 Å². The van der Waals surface area contributed by atoms with Crippen LogP contribution in [-0.2, 0) is 13.2 Å². The molecule has 1 heterocycles. The van der Waals surface area contributed by atoms with Crippen molar-refractivity contribution >= 4 is 0 Å². The van der Waals surface area contributed by atoms with E-state index in [-0.39, 0.29) is 12.6 Å². The quantitative estimate of drug-likeness (QED) is 0.873. The number of methoxy groups -OCH3 is 1. The molecule has 1 aromatic carbocycles. The van der Waals surface area contributed by atoms with Gasteiger partial charge in [-0.2, -0.15) is 0 Å². The first-order valence-corrected chi connectivity index (χ1v) is 6.46. The summed E-state index contributed by atoms with van der Waals surface area (Å²) in [6.45, 7) is 4.16. The van der Waals surface area contributed by atoms with Gasteiger partial charge in [-0.15, -0.1) is 5.10 Å². The summed E-state index contributed by atoms with van der Waals surface area (Å²) < 4.78 is 12.6. The van der Waals surface area contributed by atoms with Crippen LogP contribution >= 0.6 is 0 Å². The fourth-order valence-electron chi connectivity index (χ4n) is 1.88. The first-order valence-electron chi connectivity index (χ1n) is 6.46. The van der Waals surface area contributed by atoms with Crippen LogP contribution in [0.2, 0.25) is 0 Å². The molecule has 108 valence electrons. The number of ether oxygens (including phenoxy) is 2. The zero-order valence-corrected chi connectivity index (χ0v) is 11.9. The maximum Gasteiger partial charge on any atom is 0.132 e. The number of benzene rings is 1. The van der Waals surface area contributed by atoms with E-state index in [4.69, 9.17) is 9.47 Å². The number of hydrogen-bond acceptors (Lipinski definition) is 5. The lowest BCUT2D eigenvalue weighted by atomic mass is 10.3. The molecule has 20 heavy (non-hydrogen) atoms. The van der Waals surface area contributed by atoms with E-state index in [1.807, 2.05) is 38.1 Å². The molecule has 1 aromatic heterocycles. The van der Waals surface area contributed by atoms with E-state index >= 15 is 0 Å². The zero-order chi connectivity index (χ0) is 14.5. The van der Waals surface area contributed by atoms with E-state index in [1.165, 1.54) is 0 Å². The van der Waals surface area contributed by atoms with Crippen molar-refractivity contribution in [2.24, 2.45) is 0 Å². The fourth-order valence-corrected chi connectivity index (χ4v) is 1.88. The normalized spacial score (nSPS) is 10.8. The van der Waals surface area contributed by atoms with Gasteiger partial charge in [0.05, 0.1) is 13.7 Å². The third-order valence-electron chi connectivity index (χ3n) is 2.93. The zero-order valence-electron chi connectivity index (χ0n) is 11.9. The van der Waals surface area contributed by atoms with Gasteiger partial charge in [0.25, 0.3) is 0 Å². The Bertz CT molecular complexity index is 567. The molecule has 0 amide bonds. The van der Waals surface area contributed by atoms with Crippen molar-refractivity contribution in [1.29, 1.82) is 0 Å². The largest absolute Gasteiger partial charge is 0.497 e. The predicted octanol–water partition coefficient (Wildman–Crippen LogP) is 1.94. The van der Waals surface area contributed by atoms with Crippen LogP contribution in [0.15, 0.2) is 24.3 Å². The summed E-state index contributed by atoms with van der Waals surface area (Å²) >= 11 is 0. The second kappa shape index (κ2) is 6.38. The Balaban J connectivity index is 2.15. The smallest absolute Gasteiger partial charge is 0.132 e. The summed E-state index contributed by atoms with van der Waals surface area (Å²) in [6.07, 6.45) is 0. The molecule has 0 saturated carbocycles. The lowest BCUT2D eigenvalue weighted by molar-refractivity contribution is 0.259. The Labute approximate surface area is 117 Å². The Hall–Kier alpha value is -2.08. The molecule has 0 spiro atoms. The highest BCUT2D eigenvalue weighted by atomic mass is 16.5. The van der Waals surface area contributed by atoms with Crippen molar-refractivity contribution in [3.63, 3.8) is 0 Å². The molecule has 0 bridgehead atoms. The third kappa shape index (κ3) is 3.08.